The SMILES string of the molecule is Cc1cc(NC2CCNC3(CCC3)C2)c(Br)cc1[N+](=O)[O-]. The Kier molecular flexibility index (Phi) is 3.92. The van der Waals surface area contributed by atoms with E-state index in [1.807, 2.05) is 6.07 Å². The quantitative estimate of drug-likeness (QED) is 0.641. The Morgan fingerprint density at radius 1 is 1.48 bits per heavy atom. The zero-order valence-corrected chi connectivity index (χ0v) is 13.7. The highest BCUT2D eigenvalue weighted by atomic mass is 79.9. The number of aryl methyl sites for hydroxylation is 1. The number of anilines is 1. The molecule has 114 valence electrons. The van der Waals surface area contributed by atoms with E-state index in [4.69, 9.17) is 0 Å². The van der Waals surface area contributed by atoms with Crippen LogP contribution in [0, 0.1) is 17.0 Å². The van der Waals surface area contributed by atoms with Crippen LogP contribution in [0.2, 0.25) is 0 Å². The predicted molar refractivity (Wildman–Crippen MR) is 86.8 cm³/mol. The molecule has 1 saturated carbocycles. The second-order valence-corrected chi connectivity index (χ2v) is 7.12. The van der Waals surface area contributed by atoms with Crippen molar-refractivity contribution in [2.24, 2.45) is 0 Å². The van der Waals surface area contributed by atoms with Gasteiger partial charge in [0.15, 0.2) is 0 Å². The number of benzene rings is 1. The van der Waals surface area contributed by atoms with E-state index in [-0.39, 0.29) is 10.6 Å². The number of piperidine rings is 1. The summed E-state index contributed by atoms with van der Waals surface area (Å²) in [5.41, 5.74) is 2.16. The summed E-state index contributed by atoms with van der Waals surface area (Å²) in [6.07, 6.45) is 6.08. The Morgan fingerprint density at radius 2 is 2.24 bits per heavy atom. The lowest BCUT2D eigenvalue weighted by Gasteiger charge is -2.48. The summed E-state index contributed by atoms with van der Waals surface area (Å²) in [6, 6.07) is 3.90. The maximum atomic E-state index is 11.0. The van der Waals surface area contributed by atoms with Gasteiger partial charge in [0, 0.05) is 33.4 Å². The number of halogens is 1. The lowest BCUT2D eigenvalue weighted by Crippen LogP contribution is -2.58. The van der Waals surface area contributed by atoms with Crippen LogP contribution in [0.1, 0.15) is 37.7 Å². The van der Waals surface area contributed by atoms with Crippen LogP contribution in [-0.4, -0.2) is 23.0 Å². The van der Waals surface area contributed by atoms with Crippen LogP contribution < -0.4 is 10.6 Å². The molecule has 1 atom stereocenters. The van der Waals surface area contributed by atoms with Gasteiger partial charge in [0.2, 0.25) is 0 Å². The summed E-state index contributed by atoms with van der Waals surface area (Å²) in [6.45, 7) is 2.83. The highest BCUT2D eigenvalue weighted by Crippen LogP contribution is 2.40. The fraction of sp³-hybridized carbons (Fsp3) is 0.600. The lowest BCUT2D eigenvalue weighted by atomic mass is 9.70. The van der Waals surface area contributed by atoms with Gasteiger partial charge in [-0.1, -0.05) is 0 Å². The zero-order chi connectivity index (χ0) is 15.0. The minimum Gasteiger partial charge on any atom is -0.381 e. The number of hydrogen-bond acceptors (Lipinski definition) is 4. The topological polar surface area (TPSA) is 67.2 Å². The van der Waals surface area contributed by atoms with E-state index in [2.05, 4.69) is 26.6 Å². The minimum absolute atomic E-state index is 0.160. The smallest absolute Gasteiger partial charge is 0.273 e. The van der Waals surface area contributed by atoms with Crippen LogP contribution in [0.4, 0.5) is 11.4 Å². The fourth-order valence-electron chi connectivity index (χ4n) is 3.46. The van der Waals surface area contributed by atoms with Gasteiger partial charge >= 0.3 is 0 Å². The maximum absolute atomic E-state index is 11.0. The van der Waals surface area contributed by atoms with E-state index in [0.29, 0.717) is 17.1 Å². The molecule has 2 aliphatic rings. The first-order valence-electron chi connectivity index (χ1n) is 7.45. The second-order valence-electron chi connectivity index (χ2n) is 6.27. The van der Waals surface area contributed by atoms with Crippen molar-refractivity contribution in [3.05, 3.63) is 32.3 Å². The molecule has 0 amide bonds. The molecule has 2 fully saturated rings. The van der Waals surface area contributed by atoms with E-state index in [1.165, 1.54) is 19.3 Å². The summed E-state index contributed by atoms with van der Waals surface area (Å²) >= 11 is 3.45. The first-order valence-corrected chi connectivity index (χ1v) is 8.24. The average molecular weight is 354 g/mol. The molecule has 5 nitrogen and oxygen atoms in total. The van der Waals surface area contributed by atoms with Crippen molar-refractivity contribution < 1.29 is 4.92 Å². The van der Waals surface area contributed by atoms with Crippen molar-refractivity contribution in [3.63, 3.8) is 0 Å². The van der Waals surface area contributed by atoms with Gasteiger partial charge in [0.05, 0.1) is 4.92 Å². The fourth-order valence-corrected chi connectivity index (χ4v) is 3.91. The molecule has 0 radical (unpaired) electrons. The number of nitrogens with zero attached hydrogens (tertiary/aromatic N) is 1. The molecule has 0 aromatic heterocycles. The average Bonchev–Trinajstić information content (AvgIpc) is 2.41. The summed E-state index contributed by atoms with van der Waals surface area (Å²) in [5, 5.41) is 18.2. The van der Waals surface area contributed by atoms with Gasteiger partial charge in [0.1, 0.15) is 0 Å². The molecular formula is C15H20BrN3O2. The molecule has 1 aromatic rings. The number of rotatable bonds is 3. The van der Waals surface area contributed by atoms with E-state index >= 15 is 0 Å². The summed E-state index contributed by atoms with van der Waals surface area (Å²) in [7, 11) is 0. The van der Waals surface area contributed by atoms with Crippen molar-refractivity contribution in [2.75, 3.05) is 11.9 Å². The third-order valence-corrected chi connectivity index (χ3v) is 5.44. The highest BCUT2D eigenvalue weighted by Gasteiger charge is 2.40. The summed E-state index contributed by atoms with van der Waals surface area (Å²) < 4.78 is 0.765. The number of hydrogen-bond donors (Lipinski definition) is 2. The first-order chi connectivity index (χ1) is 9.99. The molecule has 2 N–H and O–H groups in total. The zero-order valence-electron chi connectivity index (χ0n) is 12.1. The van der Waals surface area contributed by atoms with Crippen LogP contribution in [0.5, 0.6) is 0 Å². The summed E-state index contributed by atoms with van der Waals surface area (Å²) in [4.78, 5) is 10.6. The second kappa shape index (κ2) is 5.57. The minimum atomic E-state index is -0.336. The third-order valence-electron chi connectivity index (χ3n) is 4.78. The van der Waals surface area contributed by atoms with Gasteiger partial charge in [-0.2, -0.15) is 0 Å². The Balaban J connectivity index is 1.75. The van der Waals surface area contributed by atoms with Gasteiger partial charge in [-0.3, -0.25) is 10.1 Å². The largest absolute Gasteiger partial charge is 0.381 e. The molecule has 1 heterocycles. The molecule has 0 bridgehead atoms. The Labute approximate surface area is 132 Å². The van der Waals surface area contributed by atoms with E-state index in [1.54, 1.807) is 13.0 Å². The molecule has 1 unspecified atom stereocenters. The lowest BCUT2D eigenvalue weighted by molar-refractivity contribution is -0.385. The first kappa shape index (κ1) is 14.8. The van der Waals surface area contributed by atoms with Gasteiger partial charge in [0.25, 0.3) is 5.69 Å². The molecule has 1 spiro atoms. The van der Waals surface area contributed by atoms with Crippen molar-refractivity contribution >= 4 is 27.3 Å². The molecular weight excluding hydrogens is 334 g/mol. The van der Waals surface area contributed by atoms with Crippen molar-refractivity contribution in [1.29, 1.82) is 0 Å². The Hall–Kier alpha value is -1.14. The molecule has 1 saturated heterocycles. The molecule has 1 aromatic carbocycles. The van der Waals surface area contributed by atoms with Gasteiger partial charge in [-0.05, 0) is 67.6 Å². The van der Waals surface area contributed by atoms with E-state index in [0.717, 1.165) is 29.5 Å². The van der Waals surface area contributed by atoms with Crippen LogP contribution >= 0.6 is 15.9 Å². The van der Waals surface area contributed by atoms with Crippen molar-refractivity contribution in [3.8, 4) is 0 Å². The number of nitrogens with one attached hydrogen (secondary N) is 2. The van der Waals surface area contributed by atoms with Crippen LogP contribution in [-0.2, 0) is 0 Å². The molecule has 6 heteroatoms. The summed E-state index contributed by atoms with van der Waals surface area (Å²) in [5.74, 6) is 0. The van der Waals surface area contributed by atoms with Crippen molar-refractivity contribution in [1.82, 2.24) is 5.32 Å². The predicted octanol–water partition coefficient (Wildman–Crippen LogP) is 3.75. The molecule has 21 heavy (non-hydrogen) atoms. The Morgan fingerprint density at radius 3 is 2.86 bits per heavy atom. The van der Waals surface area contributed by atoms with Crippen LogP contribution in [0.15, 0.2) is 16.6 Å². The van der Waals surface area contributed by atoms with Gasteiger partial charge in [-0.25, -0.2) is 0 Å². The molecule has 1 aliphatic heterocycles. The van der Waals surface area contributed by atoms with E-state index < -0.39 is 0 Å². The molecule has 3 rings (SSSR count). The number of nitro benzene ring substituents is 1. The maximum Gasteiger partial charge on any atom is 0.273 e. The highest BCUT2D eigenvalue weighted by molar-refractivity contribution is 9.10. The third kappa shape index (κ3) is 2.92. The normalized spacial score (nSPS) is 23.6. The van der Waals surface area contributed by atoms with Crippen LogP contribution in [0.3, 0.4) is 0 Å². The van der Waals surface area contributed by atoms with Gasteiger partial charge < -0.3 is 10.6 Å². The monoisotopic (exact) mass is 353 g/mol. The van der Waals surface area contributed by atoms with Crippen molar-refractivity contribution in [2.45, 2.75) is 50.6 Å². The van der Waals surface area contributed by atoms with E-state index in [9.17, 15) is 10.1 Å². The number of nitro groups is 1. The Bertz CT molecular complexity index is 572. The van der Waals surface area contributed by atoms with Crippen LogP contribution in [0.25, 0.3) is 0 Å². The molecule has 1 aliphatic carbocycles. The standard InChI is InChI=1S/C15H20BrN3O2/c1-10-7-13(12(16)8-14(10)19(20)21)18-11-3-6-17-15(9-11)4-2-5-15/h7-8,11,17-18H,2-6,9H2,1H3. The van der Waals surface area contributed by atoms with Gasteiger partial charge in [-0.15, -0.1) is 0 Å².